The molecule has 19 heavy (non-hydrogen) atoms. The first-order valence-electron chi connectivity index (χ1n) is 7.02. The summed E-state index contributed by atoms with van der Waals surface area (Å²) in [6, 6.07) is 2.19. The molecule has 0 bridgehead atoms. The van der Waals surface area contributed by atoms with E-state index in [0.717, 1.165) is 6.54 Å². The summed E-state index contributed by atoms with van der Waals surface area (Å²) in [6.07, 6.45) is 9.26. The summed E-state index contributed by atoms with van der Waals surface area (Å²) in [5.41, 5.74) is 0.399. The van der Waals surface area contributed by atoms with Crippen LogP contribution in [0.25, 0.3) is 0 Å². The van der Waals surface area contributed by atoms with Gasteiger partial charge in [0.15, 0.2) is 0 Å². The Bertz CT molecular complexity index is 398. The Morgan fingerprint density at radius 2 is 2.00 bits per heavy atom. The predicted octanol–water partition coefficient (Wildman–Crippen LogP) is 2.98. The third-order valence-corrected chi connectivity index (χ3v) is 3.85. The van der Waals surface area contributed by atoms with Crippen molar-refractivity contribution in [3.05, 3.63) is 23.1 Å². The minimum atomic E-state index is -0.179. The van der Waals surface area contributed by atoms with Gasteiger partial charge in [0.25, 0.3) is 5.91 Å². The molecule has 2 N–H and O–H groups in total. The van der Waals surface area contributed by atoms with Gasteiger partial charge in [0.05, 0.1) is 11.8 Å². The van der Waals surface area contributed by atoms with Gasteiger partial charge in [-0.2, -0.15) is 0 Å². The normalized spacial score (nSPS) is 17.1. The molecule has 0 saturated heterocycles. The maximum atomic E-state index is 11.7. The fourth-order valence-corrected chi connectivity index (χ4v) is 2.69. The molecule has 1 aromatic rings. The standard InChI is InChI=1S/C14H21ClN2O2/c15-13-12(7-10-19-13)14(18)17-9-8-16-11-5-3-1-2-4-6-11/h7,10-11,16H,1-6,8-9H2,(H,17,18). The average molecular weight is 285 g/mol. The second-order valence-electron chi connectivity index (χ2n) is 5.01. The van der Waals surface area contributed by atoms with Crippen LogP contribution >= 0.6 is 11.6 Å². The third-order valence-electron chi connectivity index (χ3n) is 3.56. The molecule has 1 amide bonds. The van der Waals surface area contributed by atoms with Crippen LogP contribution in [-0.4, -0.2) is 25.0 Å². The van der Waals surface area contributed by atoms with Crippen LogP contribution in [0.2, 0.25) is 5.22 Å². The van der Waals surface area contributed by atoms with E-state index < -0.39 is 0 Å². The van der Waals surface area contributed by atoms with Crippen LogP contribution in [0.4, 0.5) is 0 Å². The van der Waals surface area contributed by atoms with Gasteiger partial charge < -0.3 is 15.1 Å². The Morgan fingerprint density at radius 3 is 2.63 bits per heavy atom. The fraction of sp³-hybridized carbons (Fsp3) is 0.643. The Balaban J connectivity index is 1.64. The molecule has 1 aliphatic carbocycles. The molecule has 0 aliphatic heterocycles. The zero-order chi connectivity index (χ0) is 13.5. The van der Waals surface area contributed by atoms with E-state index in [2.05, 4.69) is 10.6 Å². The largest absolute Gasteiger partial charge is 0.452 e. The topological polar surface area (TPSA) is 54.3 Å². The molecule has 5 heteroatoms. The Morgan fingerprint density at radius 1 is 1.26 bits per heavy atom. The molecular weight excluding hydrogens is 264 g/mol. The van der Waals surface area contributed by atoms with Crippen molar-refractivity contribution < 1.29 is 9.21 Å². The molecule has 0 aromatic carbocycles. The van der Waals surface area contributed by atoms with Gasteiger partial charge in [-0.1, -0.05) is 25.7 Å². The van der Waals surface area contributed by atoms with Gasteiger partial charge in [0.1, 0.15) is 0 Å². The first-order valence-corrected chi connectivity index (χ1v) is 7.40. The molecule has 4 nitrogen and oxygen atoms in total. The van der Waals surface area contributed by atoms with E-state index >= 15 is 0 Å². The molecule has 0 unspecified atom stereocenters. The second-order valence-corrected chi connectivity index (χ2v) is 5.35. The van der Waals surface area contributed by atoms with E-state index in [0.29, 0.717) is 18.2 Å². The highest BCUT2D eigenvalue weighted by Gasteiger charge is 2.13. The highest BCUT2D eigenvalue weighted by atomic mass is 35.5. The molecule has 1 fully saturated rings. The third kappa shape index (κ3) is 4.55. The van der Waals surface area contributed by atoms with Gasteiger partial charge in [-0.3, -0.25) is 4.79 Å². The molecule has 1 saturated carbocycles. The zero-order valence-corrected chi connectivity index (χ0v) is 11.8. The first-order chi connectivity index (χ1) is 9.27. The predicted molar refractivity (Wildman–Crippen MR) is 75.5 cm³/mol. The first kappa shape index (κ1) is 14.4. The molecule has 0 radical (unpaired) electrons. The fourth-order valence-electron chi connectivity index (χ4n) is 2.49. The highest BCUT2D eigenvalue weighted by Crippen LogP contribution is 2.17. The maximum absolute atomic E-state index is 11.7. The molecular formula is C14H21ClN2O2. The summed E-state index contributed by atoms with van der Waals surface area (Å²) >= 11 is 5.74. The van der Waals surface area contributed by atoms with Gasteiger partial charge >= 0.3 is 0 Å². The van der Waals surface area contributed by atoms with E-state index in [9.17, 15) is 4.79 Å². The summed E-state index contributed by atoms with van der Waals surface area (Å²) < 4.78 is 4.89. The summed E-state index contributed by atoms with van der Waals surface area (Å²) in [5.74, 6) is -0.179. The van der Waals surface area contributed by atoms with E-state index in [1.165, 1.54) is 44.8 Å². The SMILES string of the molecule is O=C(NCCNC1CCCCCC1)c1ccoc1Cl. The lowest BCUT2D eigenvalue weighted by Crippen LogP contribution is -2.36. The van der Waals surface area contributed by atoms with Gasteiger partial charge in [-0.05, 0) is 30.5 Å². The lowest BCUT2D eigenvalue weighted by Gasteiger charge is -2.16. The van der Waals surface area contributed by atoms with Gasteiger partial charge in [-0.25, -0.2) is 0 Å². The summed E-state index contributed by atoms with van der Waals surface area (Å²) in [4.78, 5) is 11.7. The number of nitrogens with one attached hydrogen (secondary N) is 2. The van der Waals surface area contributed by atoms with Crippen molar-refractivity contribution in [2.75, 3.05) is 13.1 Å². The number of hydrogen-bond donors (Lipinski definition) is 2. The van der Waals surface area contributed by atoms with Gasteiger partial charge in [-0.15, -0.1) is 0 Å². The van der Waals surface area contributed by atoms with Crippen molar-refractivity contribution >= 4 is 17.5 Å². The van der Waals surface area contributed by atoms with Crippen LogP contribution in [0, 0.1) is 0 Å². The van der Waals surface area contributed by atoms with E-state index in [1.807, 2.05) is 0 Å². The van der Waals surface area contributed by atoms with Crippen molar-refractivity contribution in [3.8, 4) is 0 Å². The molecule has 0 atom stereocenters. The van der Waals surface area contributed by atoms with E-state index in [-0.39, 0.29) is 11.1 Å². The van der Waals surface area contributed by atoms with Crippen LogP contribution in [0.15, 0.2) is 16.7 Å². The summed E-state index contributed by atoms with van der Waals surface area (Å²) in [5, 5.41) is 6.49. The molecule has 2 rings (SSSR count). The molecule has 1 heterocycles. The number of carbonyl (C=O) groups excluding carboxylic acids is 1. The van der Waals surface area contributed by atoms with Gasteiger partial charge in [0, 0.05) is 19.1 Å². The number of halogens is 1. The number of furan rings is 1. The molecule has 1 aromatic heterocycles. The van der Waals surface area contributed by atoms with Crippen LogP contribution in [0.1, 0.15) is 48.9 Å². The monoisotopic (exact) mass is 284 g/mol. The Kier molecular flexibility index (Phi) is 5.73. The molecule has 106 valence electrons. The minimum Gasteiger partial charge on any atom is -0.452 e. The van der Waals surface area contributed by atoms with E-state index in [4.69, 9.17) is 16.0 Å². The van der Waals surface area contributed by atoms with Crippen molar-refractivity contribution in [2.45, 2.75) is 44.6 Å². The van der Waals surface area contributed by atoms with Crippen molar-refractivity contribution in [1.29, 1.82) is 0 Å². The van der Waals surface area contributed by atoms with Crippen LogP contribution in [-0.2, 0) is 0 Å². The number of carbonyl (C=O) groups is 1. The van der Waals surface area contributed by atoms with Crippen LogP contribution < -0.4 is 10.6 Å². The van der Waals surface area contributed by atoms with Crippen LogP contribution in [0.5, 0.6) is 0 Å². The summed E-state index contributed by atoms with van der Waals surface area (Å²) in [6.45, 7) is 1.41. The zero-order valence-electron chi connectivity index (χ0n) is 11.1. The van der Waals surface area contributed by atoms with Crippen molar-refractivity contribution in [3.63, 3.8) is 0 Å². The van der Waals surface area contributed by atoms with Gasteiger partial charge in [0.2, 0.25) is 5.22 Å². The molecule has 1 aliphatic rings. The Labute approximate surface area is 118 Å². The van der Waals surface area contributed by atoms with Crippen molar-refractivity contribution in [2.24, 2.45) is 0 Å². The average Bonchev–Trinajstić information content (AvgIpc) is 2.68. The quantitative estimate of drug-likeness (QED) is 0.646. The smallest absolute Gasteiger partial charge is 0.256 e. The van der Waals surface area contributed by atoms with Crippen LogP contribution in [0.3, 0.4) is 0 Å². The lowest BCUT2D eigenvalue weighted by molar-refractivity contribution is 0.0953. The summed E-state index contributed by atoms with van der Waals surface area (Å²) in [7, 11) is 0. The number of rotatable bonds is 5. The van der Waals surface area contributed by atoms with Crippen molar-refractivity contribution in [1.82, 2.24) is 10.6 Å². The highest BCUT2D eigenvalue weighted by molar-refractivity contribution is 6.32. The number of hydrogen-bond acceptors (Lipinski definition) is 3. The Hall–Kier alpha value is -1.00. The minimum absolute atomic E-state index is 0.147. The molecule has 0 spiro atoms. The number of amides is 1. The van der Waals surface area contributed by atoms with E-state index in [1.54, 1.807) is 6.07 Å². The lowest BCUT2D eigenvalue weighted by atomic mass is 10.1. The second kappa shape index (κ2) is 7.56. The maximum Gasteiger partial charge on any atom is 0.256 e.